The van der Waals surface area contributed by atoms with E-state index in [1.165, 1.54) is 0 Å². The average Bonchev–Trinajstić information content (AvgIpc) is 2.30. The molecule has 14 heavy (non-hydrogen) atoms. The van der Waals surface area contributed by atoms with Crippen LogP contribution in [0.25, 0.3) is 0 Å². The fourth-order valence-electron chi connectivity index (χ4n) is 0.827. The number of benzene rings is 1. The van der Waals surface area contributed by atoms with Crippen molar-refractivity contribution < 1.29 is 9.84 Å². The van der Waals surface area contributed by atoms with Gasteiger partial charge in [-0.1, -0.05) is 39.0 Å². The van der Waals surface area contributed by atoms with E-state index in [-0.39, 0.29) is 6.10 Å². The first-order valence-electron chi connectivity index (χ1n) is 5.19. The molecule has 80 valence electrons. The summed E-state index contributed by atoms with van der Waals surface area (Å²) in [6.07, 6.45) is 0.373. The maximum Gasteiger partial charge on any atom is 0.119 e. The lowest BCUT2D eigenvalue weighted by molar-refractivity contribution is 0.104. The van der Waals surface area contributed by atoms with Crippen LogP contribution in [-0.4, -0.2) is 17.8 Å². The molecule has 0 saturated heterocycles. The van der Waals surface area contributed by atoms with Crippen LogP contribution in [0.4, 0.5) is 0 Å². The molecule has 1 N–H and O–H groups in total. The van der Waals surface area contributed by atoms with Crippen LogP contribution >= 0.6 is 0 Å². The lowest BCUT2D eigenvalue weighted by atomic mass is 10.3. The number of aliphatic hydroxyl groups excluding tert-OH is 1. The third-order valence-corrected chi connectivity index (χ3v) is 1.66. The normalized spacial score (nSPS) is 11.1. The summed E-state index contributed by atoms with van der Waals surface area (Å²) in [7, 11) is 0. The van der Waals surface area contributed by atoms with Gasteiger partial charge in [-0.3, -0.25) is 0 Å². The van der Waals surface area contributed by atoms with Gasteiger partial charge >= 0.3 is 0 Å². The summed E-state index contributed by atoms with van der Waals surface area (Å²) in [5.74, 6) is 0.810. The number of ether oxygens (including phenoxy) is 1. The van der Waals surface area contributed by atoms with Crippen molar-refractivity contribution in [1.29, 1.82) is 0 Å². The highest BCUT2D eigenvalue weighted by Crippen LogP contribution is 2.08. The second-order valence-corrected chi connectivity index (χ2v) is 2.69. The number of rotatable bonds is 4. The van der Waals surface area contributed by atoms with Crippen LogP contribution in [-0.2, 0) is 0 Å². The van der Waals surface area contributed by atoms with Crippen molar-refractivity contribution in [3.63, 3.8) is 0 Å². The molecular weight excluding hydrogens is 176 g/mol. The molecule has 0 amide bonds. The molecule has 1 aromatic rings. The Morgan fingerprint density at radius 2 is 1.79 bits per heavy atom. The minimum absolute atomic E-state index is 0.356. The summed E-state index contributed by atoms with van der Waals surface area (Å²) in [5.41, 5.74) is 0. The summed E-state index contributed by atoms with van der Waals surface area (Å²) in [6.45, 7) is 6.31. The van der Waals surface area contributed by atoms with E-state index in [0.29, 0.717) is 6.61 Å². The molecule has 0 fully saturated rings. The van der Waals surface area contributed by atoms with Gasteiger partial charge < -0.3 is 9.84 Å². The molecule has 0 radical (unpaired) electrons. The second kappa shape index (κ2) is 8.57. The van der Waals surface area contributed by atoms with Crippen molar-refractivity contribution in [2.45, 2.75) is 33.3 Å². The molecule has 0 aliphatic carbocycles. The molecule has 1 atom stereocenters. The molecule has 0 saturated carbocycles. The van der Waals surface area contributed by atoms with Gasteiger partial charge in [0.15, 0.2) is 0 Å². The Morgan fingerprint density at radius 1 is 1.21 bits per heavy atom. The Kier molecular flexibility index (Phi) is 7.95. The zero-order valence-electron chi connectivity index (χ0n) is 9.23. The number of hydrogen-bond acceptors (Lipinski definition) is 2. The maximum absolute atomic E-state index is 9.19. The fourth-order valence-corrected chi connectivity index (χ4v) is 0.827. The van der Waals surface area contributed by atoms with Gasteiger partial charge in [-0.15, -0.1) is 0 Å². The fraction of sp³-hybridized carbons (Fsp3) is 0.500. The first-order valence-corrected chi connectivity index (χ1v) is 5.19. The van der Waals surface area contributed by atoms with E-state index >= 15 is 0 Å². The van der Waals surface area contributed by atoms with Gasteiger partial charge in [0.25, 0.3) is 0 Å². The topological polar surface area (TPSA) is 29.5 Å². The summed E-state index contributed by atoms with van der Waals surface area (Å²) in [5, 5.41) is 9.19. The van der Waals surface area contributed by atoms with E-state index in [9.17, 15) is 5.11 Å². The largest absolute Gasteiger partial charge is 0.491 e. The molecular formula is C12H20O2. The zero-order valence-corrected chi connectivity index (χ0v) is 9.23. The molecule has 0 aliphatic rings. The molecule has 1 rings (SSSR count). The van der Waals surface area contributed by atoms with Gasteiger partial charge in [0, 0.05) is 0 Å². The Labute approximate surface area is 86.5 Å². The summed E-state index contributed by atoms with van der Waals surface area (Å²) in [4.78, 5) is 0. The van der Waals surface area contributed by atoms with E-state index in [0.717, 1.165) is 12.2 Å². The van der Waals surface area contributed by atoms with Gasteiger partial charge in [0.2, 0.25) is 0 Å². The van der Waals surface area contributed by atoms with Crippen molar-refractivity contribution in [2.75, 3.05) is 6.61 Å². The number of para-hydroxylation sites is 1. The van der Waals surface area contributed by atoms with Crippen molar-refractivity contribution in [2.24, 2.45) is 0 Å². The molecule has 0 spiro atoms. The molecule has 0 bridgehead atoms. The van der Waals surface area contributed by atoms with Gasteiger partial charge in [-0.2, -0.15) is 0 Å². The van der Waals surface area contributed by atoms with Crippen LogP contribution in [0, 0.1) is 0 Å². The van der Waals surface area contributed by atoms with Crippen LogP contribution in [0.1, 0.15) is 27.2 Å². The van der Waals surface area contributed by atoms with E-state index in [2.05, 4.69) is 0 Å². The molecule has 0 aromatic heterocycles. The quantitative estimate of drug-likeness (QED) is 0.802. The van der Waals surface area contributed by atoms with Crippen LogP contribution in [0.15, 0.2) is 30.3 Å². The molecule has 2 heteroatoms. The highest BCUT2D eigenvalue weighted by Gasteiger charge is 2.00. The predicted octanol–water partition coefficient (Wildman–Crippen LogP) is 2.86. The minimum atomic E-state index is -0.356. The third kappa shape index (κ3) is 5.60. The van der Waals surface area contributed by atoms with Gasteiger partial charge in [0.05, 0.1) is 6.10 Å². The van der Waals surface area contributed by atoms with E-state index < -0.39 is 0 Å². The molecule has 2 nitrogen and oxygen atoms in total. The lowest BCUT2D eigenvalue weighted by Crippen LogP contribution is -2.15. The predicted molar refractivity (Wildman–Crippen MR) is 59.6 cm³/mol. The lowest BCUT2D eigenvalue weighted by Gasteiger charge is -2.09. The van der Waals surface area contributed by atoms with Crippen LogP contribution in [0.3, 0.4) is 0 Å². The maximum atomic E-state index is 9.19. The van der Waals surface area contributed by atoms with E-state index in [4.69, 9.17) is 4.74 Å². The third-order valence-electron chi connectivity index (χ3n) is 1.66. The van der Waals surface area contributed by atoms with E-state index in [1.54, 1.807) is 0 Å². The Balaban J connectivity index is 0.000000791. The van der Waals surface area contributed by atoms with Crippen molar-refractivity contribution >= 4 is 0 Å². The second-order valence-electron chi connectivity index (χ2n) is 2.69. The van der Waals surface area contributed by atoms with Crippen LogP contribution in [0.2, 0.25) is 0 Å². The van der Waals surface area contributed by atoms with Crippen molar-refractivity contribution in [1.82, 2.24) is 0 Å². The van der Waals surface area contributed by atoms with Gasteiger partial charge in [-0.25, -0.2) is 0 Å². The van der Waals surface area contributed by atoms with Gasteiger partial charge in [0.1, 0.15) is 12.4 Å². The molecule has 1 aromatic carbocycles. The SMILES string of the molecule is CC.CCC(O)COc1ccccc1. The zero-order chi connectivity index (χ0) is 10.8. The molecule has 0 heterocycles. The standard InChI is InChI=1S/C10H14O2.C2H6/c1-2-9(11)8-12-10-6-4-3-5-7-10;1-2/h3-7,9,11H,2,8H2,1H3;1-2H3. The number of hydrogen-bond donors (Lipinski definition) is 1. The highest BCUT2D eigenvalue weighted by molar-refractivity contribution is 5.20. The summed E-state index contributed by atoms with van der Waals surface area (Å²) >= 11 is 0. The Bertz CT molecular complexity index is 209. The molecule has 1 unspecified atom stereocenters. The van der Waals surface area contributed by atoms with Crippen LogP contribution < -0.4 is 4.74 Å². The minimum Gasteiger partial charge on any atom is -0.491 e. The first-order chi connectivity index (χ1) is 6.83. The summed E-state index contributed by atoms with van der Waals surface area (Å²) < 4.78 is 5.31. The highest BCUT2D eigenvalue weighted by atomic mass is 16.5. The first kappa shape index (κ1) is 13.0. The molecule has 0 aliphatic heterocycles. The Hall–Kier alpha value is -1.02. The number of aliphatic hydroxyl groups is 1. The van der Waals surface area contributed by atoms with Crippen LogP contribution in [0.5, 0.6) is 5.75 Å². The smallest absolute Gasteiger partial charge is 0.119 e. The summed E-state index contributed by atoms with van der Waals surface area (Å²) in [6, 6.07) is 9.51. The average molecular weight is 196 g/mol. The van der Waals surface area contributed by atoms with E-state index in [1.807, 2.05) is 51.1 Å². The van der Waals surface area contributed by atoms with Crippen molar-refractivity contribution in [3.8, 4) is 5.75 Å². The van der Waals surface area contributed by atoms with Crippen molar-refractivity contribution in [3.05, 3.63) is 30.3 Å². The van der Waals surface area contributed by atoms with Gasteiger partial charge in [-0.05, 0) is 18.6 Å². The monoisotopic (exact) mass is 196 g/mol. The Morgan fingerprint density at radius 3 is 2.29 bits per heavy atom.